The van der Waals surface area contributed by atoms with Crippen molar-refractivity contribution >= 4 is 5.91 Å². The number of allylic oxidation sites excluding steroid dienone is 2. The predicted octanol–water partition coefficient (Wildman–Crippen LogP) is -2.25. The zero-order valence-corrected chi connectivity index (χ0v) is 11.7. The zero-order chi connectivity index (χ0) is 15.6. The molecule has 7 atom stereocenters. The topological polar surface area (TPSA) is 130 Å². The molecule has 0 aromatic carbocycles. The van der Waals surface area contributed by atoms with Gasteiger partial charge in [-0.05, 0) is 30.6 Å². The van der Waals surface area contributed by atoms with Crippen LogP contribution in [0.2, 0.25) is 0 Å². The van der Waals surface area contributed by atoms with Crippen LogP contribution in [0.15, 0.2) is 12.2 Å². The van der Waals surface area contributed by atoms with E-state index >= 15 is 0 Å². The minimum absolute atomic E-state index is 0.334. The van der Waals surface area contributed by atoms with E-state index in [2.05, 4.69) is 17.5 Å². The molecule has 0 heterocycles. The first-order valence-corrected chi connectivity index (χ1v) is 7.23. The minimum atomic E-state index is -1.85. The Bertz CT molecular complexity index is 401. The summed E-state index contributed by atoms with van der Waals surface area (Å²) in [6.45, 7) is -0.364. The quantitative estimate of drug-likeness (QED) is 0.295. The number of amides is 1. The molecule has 120 valence electrons. The van der Waals surface area contributed by atoms with Crippen molar-refractivity contribution in [3.63, 3.8) is 0 Å². The Morgan fingerprint density at radius 1 is 1.14 bits per heavy atom. The van der Waals surface area contributed by atoms with Gasteiger partial charge in [-0.2, -0.15) is 0 Å². The number of aliphatic hydroxyl groups excluding tert-OH is 5. The summed E-state index contributed by atoms with van der Waals surface area (Å²) >= 11 is 0. The van der Waals surface area contributed by atoms with E-state index in [1.807, 2.05) is 0 Å². The van der Waals surface area contributed by atoms with Crippen molar-refractivity contribution in [3.8, 4) is 0 Å². The summed E-state index contributed by atoms with van der Waals surface area (Å²) in [4.78, 5) is 11.8. The average Bonchev–Trinajstić information content (AvgIpc) is 3.12. The highest BCUT2D eigenvalue weighted by atomic mass is 16.4. The van der Waals surface area contributed by atoms with Crippen LogP contribution in [0.1, 0.15) is 12.8 Å². The molecule has 1 fully saturated rings. The summed E-state index contributed by atoms with van der Waals surface area (Å²) in [6.07, 6.45) is -0.660. The van der Waals surface area contributed by atoms with Crippen molar-refractivity contribution in [1.82, 2.24) is 5.32 Å². The Morgan fingerprint density at radius 2 is 1.86 bits per heavy atom. The molecule has 2 aliphatic rings. The highest BCUT2D eigenvalue weighted by molar-refractivity contribution is 5.81. The van der Waals surface area contributed by atoms with E-state index in [9.17, 15) is 25.2 Å². The van der Waals surface area contributed by atoms with Crippen LogP contribution >= 0.6 is 0 Å². The highest BCUT2D eigenvalue weighted by Crippen LogP contribution is 2.42. The standard InChI is InChI=1S/C14H23NO6/c16-6-10(17)11(18)12(19)13(20)14(21)15-5-9-4-7-1-2-8(9)3-7/h1-2,7-13,16-20H,3-6H2,(H,15,21)/t7?,8?,9?,10-,11-,12+,13-/m1/s1. The highest BCUT2D eigenvalue weighted by Gasteiger charge is 2.37. The van der Waals surface area contributed by atoms with Crippen molar-refractivity contribution in [2.24, 2.45) is 17.8 Å². The molecule has 2 rings (SSSR count). The van der Waals surface area contributed by atoms with Gasteiger partial charge in [-0.1, -0.05) is 12.2 Å². The molecular weight excluding hydrogens is 278 g/mol. The summed E-state index contributed by atoms with van der Waals surface area (Å²) < 4.78 is 0. The van der Waals surface area contributed by atoms with Crippen LogP contribution in [0.5, 0.6) is 0 Å². The molecule has 0 saturated heterocycles. The normalized spacial score (nSPS) is 32.7. The van der Waals surface area contributed by atoms with Gasteiger partial charge in [-0.25, -0.2) is 0 Å². The average molecular weight is 301 g/mol. The molecule has 2 aliphatic carbocycles. The Kier molecular flexibility index (Phi) is 5.34. The van der Waals surface area contributed by atoms with Crippen molar-refractivity contribution in [3.05, 3.63) is 12.2 Å². The third kappa shape index (κ3) is 3.61. The van der Waals surface area contributed by atoms with E-state index in [4.69, 9.17) is 5.11 Å². The second-order valence-electron chi connectivity index (χ2n) is 5.96. The van der Waals surface area contributed by atoms with Gasteiger partial charge in [-0.15, -0.1) is 0 Å². The van der Waals surface area contributed by atoms with Gasteiger partial charge in [0.2, 0.25) is 0 Å². The molecule has 7 heteroatoms. The van der Waals surface area contributed by atoms with E-state index in [1.165, 1.54) is 0 Å². The lowest BCUT2D eigenvalue weighted by atomic mass is 9.93. The van der Waals surface area contributed by atoms with E-state index in [0.29, 0.717) is 24.3 Å². The lowest BCUT2D eigenvalue weighted by Gasteiger charge is -2.26. The number of nitrogens with one attached hydrogen (secondary N) is 1. The maximum Gasteiger partial charge on any atom is 0.251 e. The molecule has 6 N–H and O–H groups in total. The molecule has 0 aliphatic heterocycles. The fourth-order valence-corrected chi connectivity index (χ4v) is 3.14. The van der Waals surface area contributed by atoms with E-state index in [-0.39, 0.29) is 0 Å². The van der Waals surface area contributed by atoms with Crippen LogP contribution in [-0.4, -0.2) is 69.0 Å². The van der Waals surface area contributed by atoms with Crippen LogP contribution < -0.4 is 5.32 Å². The van der Waals surface area contributed by atoms with Gasteiger partial charge in [0.15, 0.2) is 6.10 Å². The molecule has 3 unspecified atom stereocenters. The van der Waals surface area contributed by atoms with Gasteiger partial charge < -0.3 is 30.8 Å². The minimum Gasteiger partial charge on any atom is -0.394 e. The van der Waals surface area contributed by atoms with Crippen molar-refractivity contribution in [2.45, 2.75) is 37.3 Å². The second kappa shape index (κ2) is 6.85. The first kappa shape index (κ1) is 16.4. The molecule has 0 aromatic rings. The third-order valence-corrected chi connectivity index (χ3v) is 4.48. The lowest BCUT2D eigenvalue weighted by molar-refractivity contribution is -0.149. The van der Waals surface area contributed by atoms with Gasteiger partial charge in [0.05, 0.1) is 6.61 Å². The number of hydrogen-bond acceptors (Lipinski definition) is 6. The molecule has 0 spiro atoms. The van der Waals surface area contributed by atoms with Gasteiger partial charge in [-0.3, -0.25) is 4.79 Å². The van der Waals surface area contributed by atoms with Crippen molar-refractivity contribution < 1.29 is 30.3 Å². The lowest BCUT2D eigenvalue weighted by Crippen LogP contribution is -2.52. The smallest absolute Gasteiger partial charge is 0.251 e. The van der Waals surface area contributed by atoms with Crippen LogP contribution in [-0.2, 0) is 4.79 Å². The van der Waals surface area contributed by atoms with Gasteiger partial charge in [0.1, 0.15) is 18.3 Å². The van der Waals surface area contributed by atoms with E-state index < -0.39 is 36.9 Å². The van der Waals surface area contributed by atoms with Gasteiger partial charge >= 0.3 is 0 Å². The Morgan fingerprint density at radius 3 is 2.38 bits per heavy atom. The van der Waals surface area contributed by atoms with Gasteiger partial charge in [0.25, 0.3) is 5.91 Å². The fraction of sp³-hybridized carbons (Fsp3) is 0.786. The number of fused-ring (bicyclic) bond motifs is 2. The number of carbonyl (C=O) groups is 1. The summed E-state index contributed by atoms with van der Waals surface area (Å²) in [6, 6.07) is 0. The van der Waals surface area contributed by atoms with Crippen molar-refractivity contribution in [1.29, 1.82) is 0 Å². The number of hydrogen-bond donors (Lipinski definition) is 6. The molecule has 0 radical (unpaired) electrons. The molecule has 1 saturated carbocycles. The molecule has 7 nitrogen and oxygen atoms in total. The van der Waals surface area contributed by atoms with Gasteiger partial charge in [0, 0.05) is 6.54 Å². The summed E-state index contributed by atoms with van der Waals surface area (Å²) in [5, 5.41) is 49.2. The number of carbonyl (C=O) groups excluding carboxylic acids is 1. The molecule has 2 bridgehead atoms. The molecular formula is C14H23NO6. The van der Waals surface area contributed by atoms with E-state index in [1.54, 1.807) is 0 Å². The first-order chi connectivity index (χ1) is 9.93. The summed E-state index contributed by atoms with van der Waals surface area (Å²) in [7, 11) is 0. The Balaban J connectivity index is 1.78. The Hall–Kier alpha value is -0.990. The van der Waals surface area contributed by atoms with E-state index in [0.717, 1.165) is 12.8 Å². The van der Waals surface area contributed by atoms with Crippen molar-refractivity contribution in [2.75, 3.05) is 13.2 Å². The first-order valence-electron chi connectivity index (χ1n) is 7.23. The maximum absolute atomic E-state index is 11.8. The fourth-order valence-electron chi connectivity index (χ4n) is 3.14. The van der Waals surface area contributed by atoms with Crippen LogP contribution in [0, 0.1) is 17.8 Å². The Labute approximate surface area is 122 Å². The maximum atomic E-state index is 11.8. The van der Waals surface area contributed by atoms with Crippen LogP contribution in [0.3, 0.4) is 0 Å². The summed E-state index contributed by atoms with van der Waals surface area (Å²) in [5.41, 5.74) is 0. The monoisotopic (exact) mass is 301 g/mol. The van der Waals surface area contributed by atoms with Crippen LogP contribution in [0.25, 0.3) is 0 Å². The largest absolute Gasteiger partial charge is 0.394 e. The SMILES string of the molecule is O=C(NCC1CC2C=CC1C2)[C@H](O)[C@@H](O)[C@H](O)[C@H](O)CO. The number of aliphatic hydroxyl groups is 5. The zero-order valence-electron chi connectivity index (χ0n) is 11.7. The molecule has 1 amide bonds. The molecule has 0 aromatic heterocycles. The predicted molar refractivity (Wildman–Crippen MR) is 73.0 cm³/mol. The second-order valence-corrected chi connectivity index (χ2v) is 5.96. The third-order valence-electron chi connectivity index (χ3n) is 4.48. The van der Waals surface area contributed by atoms with Crippen LogP contribution in [0.4, 0.5) is 0 Å². The number of rotatable bonds is 7. The molecule has 21 heavy (non-hydrogen) atoms. The summed E-state index contributed by atoms with van der Waals surface area (Å²) in [5.74, 6) is 0.577.